The molecular formula is C11H19NO. The molecule has 1 aliphatic rings. The van der Waals surface area contributed by atoms with Crippen LogP contribution in [0.2, 0.25) is 0 Å². The molecule has 0 aromatic carbocycles. The van der Waals surface area contributed by atoms with Gasteiger partial charge in [-0.15, -0.1) is 6.42 Å². The average molecular weight is 181 g/mol. The van der Waals surface area contributed by atoms with Crippen LogP contribution in [0.1, 0.15) is 26.2 Å². The van der Waals surface area contributed by atoms with E-state index in [9.17, 15) is 0 Å². The van der Waals surface area contributed by atoms with Gasteiger partial charge in [0.15, 0.2) is 0 Å². The zero-order valence-electron chi connectivity index (χ0n) is 8.29. The molecule has 1 saturated carbocycles. The van der Waals surface area contributed by atoms with Gasteiger partial charge in [-0.2, -0.15) is 0 Å². The Bertz CT molecular complexity index is 185. The van der Waals surface area contributed by atoms with Gasteiger partial charge in [-0.3, -0.25) is 0 Å². The first-order chi connectivity index (χ1) is 6.27. The van der Waals surface area contributed by atoms with Crippen LogP contribution in [-0.4, -0.2) is 24.3 Å². The fourth-order valence-electron chi connectivity index (χ4n) is 2.01. The summed E-state index contributed by atoms with van der Waals surface area (Å²) in [5.41, 5.74) is 0. The van der Waals surface area contributed by atoms with Crippen molar-refractivity contribution < 1.29 is 5.11 Å². The Kier molecular flexibility index (Phi) is 4.27. The lowest BCUT2D eigenvalue weighted by Crippen LogP contribution is -2.32. The molecule has 1 rings (SSSR count). The number of hydrogen-bond donors (Lipinski definition) is 2. The molecule has 0 spiro atoms. The summed E-state index contributed by atoms with van der Waals surface area (Å²) in [6, 6.07) is 0.153. The third kappa shape index (κ3) is 3.02. The molecule has 0 radical (unpaired) electrons. The van der Waals surface area contributed by atoms with E-state index >= 15 is 0 Å². The number of rotatable bonds is 4. The van der Waals surface area contributed by atoms with Crippen LogP contribution < -0.4 is 5.32 Å². The number of hydrogen-bond acceptors (Lipinski definition) is 2. The van der Waals surface area contributed by atoms with Crippen molar-refractivity contribution in [2.75, 3.05) is 13.2 Å². The maximum absolute atomic E-state index is 9.09. The predicted molar refractivity (Wildman–Crippen MR) is 54.2 cm³/mol. The predicted octanol–water partition coefficient (Wildman–Crippen LogP) is 1.01. The minimum absolute atomic E-state index is 0.153. The van der Waals surface area contributed by atoms with Crippen LogP contribution in [0.25, 0.3) is 0 Å². The van der Waals surface area contributed by atoms with Crippen LogP contribution in [0.15, 0.2) is 0 Å². The zero-order valence-corrected chi connectivity index (χ0v) is 8.29. The number of terminal acetylenes is 1. The lowest BCUT2D eigenvalue weighted by molar-refractivity contribution is 0.192. The summed E-state index contributed by atoms with van der Waals surface area (Å²) < 4.78 is 0. The molecular weight excluding hydrogens is 162 g/mol. The fourth-order valence-corrected chi connectivity index (χ4v) is 2.01. The van der Waals surface area contributed by atoms with E-state index in [-0.39, 0.29) is 6.04 Å². The molecule has 2 nitrogen and oxygen atoms in total. The molecule has 0 aromatic heterocycles. The van der Waals surface area contributed by atoms with Gasteiger partial charge in [-0.05, 0) is 38.1 Å². The monoisotopic (exact) mass is 181 g/mol. The van der Waals surface area contributed by atoms with E-state index in [0.29, 0.717) is 18.4 Å². The second-order valence-corrected chi connectivity index (χ2v) is 3.93. The van der Waals surface area contributed by atoms with Crippen molar-refractivity contribution in [1.29, 1.82) is 0 Å². The first kappa shape index (κ1) is 10.6. The van der Waals surface area contributed by atoms with E-state index in [1.54, 1.807) is 0 Å². The van der Waals surface area contributed by atoms with E-state index in [0.717, 1.165) is 6.54 Å². The quantitative estimate of drug-likeness (QED) is 0.634. The van der Waals surface area contributed by atoms with E-state index in [4.69, 9.17) is 11.5 Å². The maximum atomic E-state index is 9.09. The summed E-state index contributed by atoms with van der Waals surface area (Å²) in [7, 11) is 0. The van der Waals surface area contributed by atoms with E-state index in [2.05, 4.69) is 11.2 Å². The standard InChI is InChI=1S/C11H19NO/c1-3-9(2)12-7-10-5-4-6-11(10)8-13/h1,9-13H,4-8H2,2H3. The summed E-state index contributed by atoms with van der Waals surface area (Å²) in [6.45, 7) is 3.27. The Morgan fingerprint density at radius 3 is 2.85 bits per heavy atom. The first-order valence-electron chi connectivity index (χ1n) is 5.08. The third-order valence-electron chi connectivity index (χ3n) is 2.99. The van der Waals surface area contributed by atoms with Crippen LogP contribution in [0.4, 0.5) is 0 Å². The minimum Gasteiger partial charge on any atom is -0.396 e. The molecule has 0 saturated heterocycles. The number of aliphatic hydroxyl groups is 1. The van der Waals surface area contributed by atoms with E-state index in [1.807, 2.05) is 6.92 Å². The Balaban J connectivity index is 2.24. The number of nitrogens with one attached hydrogen (secondary N) is 1. The largest absolute Gasteiger partial charge is 0.396 e. The zero-order chi connectivity index (χ0) is 9.68. The van der Waals surface area contributed by atoms with Crippen molar-refractivity contribution in [3.8, 4) is 12.3 Å². The molecule has 3 unspecified atom stereocenters. The molecule has 1 fully saturated rings. The maximum Gasteiger partial charge on any atom is 0.0658 e. The Hall–Kier alpha value is -0.520. The molecule has 0 bridgehead atoms. The van der Waals surface area contributed by atoms with Gasteiger partial charge < -0.3 is 10.4 Å². The van der Waals surface area contributed by atoms with Gasteiger partial charge in [0.05, 0.1) is 6.04 Å². The highest BCUT2D eigenvalue weighted by molar-refractivity contribution is 4.96. The Labute approximate surface area is 80.7 Å². The van der Waals surface area contributed by atoms with Crippen molar-refractivity contribution in [1.82, 2.24) is 5.32 Å². The second kappa shape index (κ2) is 5.26. The van der Waals surface area contributed by atoms with Crippen LogP contribution in [0.3, 0.4) is 0 Å². The third-order valence-corrected chi connectivity index (χ3v) is 2.99. The summed E-state index contributed by atoms with van der Waals surface area (Å²) in [5, 5.41) is 12.4. The van der Waals surface area contributed by atoms with Crippen LogP contribution in [-0.2, 0) is 0 Å². The van der Waals surface area contributed by atoms with Gasteiger partial charge in [0, 0.05) is 6.61 Å². The topological polar surface area (TPSA) is 32.3 Å². The summed E-state index contributed by atoms with van der Waals surface area (Å²) in [5.74, 6) is 3.77. The molecule has 0 aliphatic heterocycles. The Morgan fingerprint density at radius 1 is 1.54 bits per heavy atom. The molecule has 3 atom stereocenters. The van der Waals surface area contributed by atoms with Gasteiger partial charge in [-0.25, -0.2) is 0 Å². The second-order valence-electron chi connectivity index (χ2n) is 3.93. The molecule has 2 heteroatoms. The van der Waals surface area contributed by atoms with E-state index < -0.39 is 0 Å². The van der Waals surface area contributed by atoms with Crippen LogP contribution >= 0.6 is 0 Å². The van der Waals surface area contributed by atoms with Crippen molar-refractivity contribution in [2.45, 2.75) is 32.2 Å². The normalized spacial score (nSPS) is 29.9. The van der Waals surface area contributed by atoms with Crippen molar-refractivity contribution >= 4 is 0 Å². The Morgan fingerprint density at radius 2 is 2.23 bits per heavy atom. The minimum atomic E-state index is 0.153. The molecule has 74 valence electrons. The smallest absolute Gasteiger partial charge is 0.0658 e. The van der Waals surface area contributed by atoms with Crippen molar-refractivity contribution in [3.05, 3.63) is 0 Å². The van der Waals surface area contributed by atoms with Crippen molar-refractivity contribution in [2.24, 2.45) is 11.8 Å². The SMILES string of the molecule is C#CC(C)NCC1CCCC1CO. The summed E-state index contributed by atoms with van der Waals surface area (Å²) in [6.07, 6.45) is 8.92. The van der Waals surface area contributed by atoms with Gasteiger partial charge in [0.1, 0.15) is 0 Å². The average Bonchev–Trinajstić information content (AvgIpc) is 2.61. The van der Waals surface area contributed by atoms with Gasteiger partial charge in [-0.1, -0.05) is 12.3 Å². The molecule has 2 N–H and O–H groups in total. The van der Waals surface area contributed by atoms with Crippen molar-refractivity contribution in [3.63, 3.8) is 0 Å². The molecule has 13 heavy (non-hydrogen) atoms. The summed E-state index contributed by atoms with van der Waals surface area (Å²) >= 11 is 0. The lowest BCUT2D eigenvalue weighted by atomic mass is 9.97. The highest BCUT2D eigenvalue weighted by atomic mass is 16.3. The van der Waals surface area contributed by atoms with Gasteiger partial charge in [0.2, 0.25) is 0 Å². The first-order valence-corrected chi connectivity index (χ1v) is 5.08. The van der Waals surface area contributed by atoms with E-state index in [1.165, 1.54) is 19.3 Å². The lowest BCUT2D eigenvalue weighted by Gasteiger charge is -2.18. The fraction of sp³-hybridized carbons (Fsp3) is 0.818. The van der Waals surface area contributed by atoms with Gasteiger partial charge >= 0.3 is 0 Å². The highest BCUT2D eigenvalue weighted by Crippen LogP contribution is 2.30. The van der Waals surface area contributed by atoms with Gasteiger partial charge in [0.25, 0.3) is 0 Å². The molecule has 0 amide bonds. The number of aliphatic hydroxyl groups excluding tert-OH is 1. The molecule has 1 aliphatic carbocycles. The van der Waals surface area contributed by atoms with Crippen LogP contribution in [0.5, 0.6) is 0 Å². The summed E-state index contributed by atoms with van der Waals surface area (Å²) in [4.78, 5) is 0. The van der Waals surface area contributed by atoms with Crippen LogP contribution in [0, 0.1) is 24.2 Å². The molecule has 0 aromatic rings. The molecule has 0 heterocycles. The highest BCUT2D eigenvalue weighted by Gasteiger charge is 2.26.